The maximum Gasteiger partial charge on any atom is 0.115 e. The fraction of sp³-hybridized carbons (Fsp3) is 0.421. The van der Waals surface area contributed by atoms with E-state index in [0.29, 0.717) is 6.54 Å². The van der Waals surface area contributed by atoms with Crippen molar-refractivity contribution in [3.8, 4) is 0 Å². The fourth-order valence-corrected chi connectivity index (χ4v) is 3.93. The number of anilines is 1. The first kappa shape index (κ1) is 14.4. The fourth-order valence-electron chi connectivity index (χ4n) is 3.93. The van der Waals surface area contributed by atoms with Gasteiger partial charge in [-0.1, -0.05) is 37.5 Å². The summed E-state index contributed by atoms with van der Waals surface area (Å²) < 4.78 is 0. The van der Waals surface area contributed by atoms with Crippen LogP contribution in [0.5, 0.6) is 0 Å². The number of amidine groups is 1. The van der Waals surface area contributed by atoms with Crippen molar-refractivity contribution in [1.29, 1.82) is 0 Å². The number of para-hydroxylation sites is 1. The zero-order chi connectivity index (χ0) is 15.5. The van der Waals surface area contributed by atoms with Crippen LogP contribution in [0.25, 0.3) is 0 Å². The third-order valence-electron chi connectivity index (χ3n) is 5.15. The first-order valence-electron chi connectivity index (χ1n) is 8.51. The molecule has 1 saturated carbocycles. The van der Waals surface area contributed by atoms with Gasteiger partial charge in [0.2, 0.25) is 0 Å². The summed E-state index contributed by atoms with van der Waals surface area (Å²) in [5.41, 5.74) is 3.80. The summed E-state index contributed by atoms with van der Waals surface area (Å²) in [6, 6.07) is 10.6. The number of nitrogens with zero attached hydrogens (tertiary/aromatic N) is 3. The highest BCUT2D eigenvalue weighted by atomic mass is 15.0. The monoisotopic (exact) mass is 306 g/mol. The molecule has 1 aliphatic carbocycles. The SMILES string of the molecule is c1ccc2c(c1)CC1(CCCCC1)C(=NCc1ccncn1)N2. The van der Waals surface area contributed by atoms with E-state index in [0.717, 1.165) is 18.0 Å². The highest BCUT2D eigenvalue weighted by Crippen LogP contribution is 2.44. The highest BCUT2D eigenvalue weighted by Gasteiger charge is 2.40. The van der Waals surface area contributed by atoms with Crippen LogP contribution >= 0.6 is 0 Å². The van der Waals surface area contributed by atoms with Crippen molar-refractivity contribution in [2.24, 2.45) is 10.4 Å². The summed E-state index contributed by atoms with van der Waals surface area (Å²) in [6.45, 7) is 0.620. The van der Waals surface area contributed by atoms with E-state index in [2.05, 4.69) is 39.6 Å². The van der Waals surface area contributed by atoms with E-state index in [-0.39, 0.29) is 5.41 Å². The van der Waals surface area contributed by atoms with Crippen molar-refractivity contribution < 1.29 is 0 Å². The van der Waals surface area contributed by atoms with Crippen LogP contribution in [0, 0.1) is 5.41 Å². The van der Waals surface area contributed by atoms with Gasteiger partial charge in [-0.25, -0.2) is 9.97 Å². The first-order chi connectivity index (χ1) is 11.4. The van der Waals surface area contributed by atoms with E-state index in [1.54, 1.807) is 12.5 Å². The van der Waals surface area contributed by atoms with Gasteiger partial charge >= 0.3 is 0 Å². The molecule has 0 radical (unpaired) electrons. The molecule has 0 unspecified atom stereocenters. The van der Waals surface area contributed by atoms with E-state index in [1.165, 1.54) is 43.4 Å². The largest absolute Gasteiger partial charge is 0.343 e. The molecule has 23 heavy (non-hydrogen) atoms. The van der Waals surface area contributed by atoms with Gasteiger partial charge in [0.05, 0.1) is 12.2 Å². The number of rotatable bonds is 2. The number of nitrogens with one attached hydrogen (secondary N) is 1. The Morgan fingerprint density at radius 1 is 1.09 bits per heavy atom. The Morgan fingerprint density at radius 3 is 2.78 bits per heavy atom. The average molecular weight is 306 g/mol. The first-order valence-corrected chi connectivity index (χ1v) is 8.51. The minimum atomic E-state index is 0.194. The van der Waals surface area contributed by atoms with Gasteiger partial charge in [0, 0.05) is 17.3 Å². The summed E-state index contributed by atoms with van der Waals surface area (Å²) in [6.07, 6.45) is 10.9. The van der Waals surface area contributed by atoms with E-state index < -0.39 is 0 Å². The number of fused-ring (bicyclic) bond motifs is 1. The van der Waals surface area contributed by atoms with Gasteiger partial charge in [-0.2, -0.15) is 0 Å². The molecule has 4 rings (SSSR count). The number of aromatic nitrogens is 2. The minimum Gasteiger partial charge on any atom is -0.343 e. The summed E-state index contributed by atoms with van der Waals surface area (Å²) in [4.78, 5) is 13.2. The van der Waals surface area contributed by atoms with Crippen LogP contribution in [0.4, 0.5) is 5.69 Å². The second-order valence-electron chi connectivity index (χ2n) is 6.67. The molecule has 1 fully saturated rings. The Labute approximate surface area is 137 Å². The molecule has 118 valence electrons. The predicted molar refractivity (Wildman–Crippen MR) is 92.5 cm³/mol. The molecule has 1 N–H and O–H groups in total. The normalized spacial score (nSPS) is 21.0. The van der Waals surface area contributed by atoms with Crippen LogP contribution < -0.4 is 5.32 Å². The lowest BCUT2D eigenvalue weighted by molar-refractivity contribution is 0.278. The zero-order valence-electron chi connectivity index (χ0n) is 13.3. The van der Waals surface area contributed by atoms with Gasteiger partial charge in [-0.15, -0.1) is 0 Å². The summed E-state index contributed by atoms with van der Waals surface area (Å²) in [7, 11) is 0. The van der Waals surface area contributed by atoms with Crippen LogP contribution in [0.1, 0.15) is 43.4 Å². The Morgan fingerprint density at radius 2 is 1.96 bits per heavy atom. The summed E-state index contributed by atoms with van der Waals surface area (Å²) >= 11 is 0. The van der Waals surface area contributed by atoms with Crippen LogP contribution in [-0.2, 0) is 13.0 Å². The second kappa shape index (κ2) is 6.11. The Bertz CT molecular complexity index is 702. The molecule has 0 amide bonds. The number of hydrogen-bond donors (Lipinski definition) is 1. The Balaban J connectivity index is 1.67. The van der Waals surface area contributed by atoms with Crippen molar-refractivity contribution in [3.05, 3.63) is 54.1 Å². The number of benzene rings is 1. The van der Waals surface area contributed by atoms with Crippen molar-refractivity contribution >= 4 is 11.5 Å². The second-order valence-corrected chi connectivity index (χ2v) is 6.67. The molecule has 4 heteroatoms. The lowest BCUT2D eigenvalue weighted by atomic mass is 9.67. The van der Waals surface area contributed by atoms with Gasteiger partial charge in [-0.05, 0) is 37.0 Å². The molecule has 0 atom stereocenters. The maximum absolute atomic E-state index is 4.94. The topological polar surface area (TPSA) is 50.2 Å². The highest BCUT2D eigenvalue weighted by molar-refractivity contribution is 6.02. The molecule has 2 heterocycles. The van der Waals surface area contributed by atoms with Gasteiger partial charge in [0.15, 0.2) is 0 Å². The van der Waals surface area contributed by atoms with Crippen LogP contribution in [0.3, 0.4) is 0 Å². The van der Waals surface area contributed by atoms with E-state index >= 15 is 0 Å². The third kappa shape index (κ3) is 2.85. The maximum atomic E-state index is 4.94. The Kier molecular flexibility index (Phi) is 3.82. The third-order valence-corrected chi connectivity index (χ3v) is 5.15. The van der Waals surface area contributed by atoms with Crippen molar-refractivity contribution in [3.63, 3.8) is 0 Å². The van der Waals surface area contributed by atoms with E-state index in [9.17, 15) is 0 Å². The average Bonchev–Trinajstić information content (AvgIpc) is 2.61. The predicted octanol–water partition coefficient (Wildman–Crippen LogP) is 3.99. The summed E-state index contributed by atoms with van der Waals surface area (Å²) in [5, 5.41) is 3.63. The molecular weight excluding hydrogens is 284 g/mol. The van der Waals surface area contributed by atoms with Gasteiger partial charge < -0.3 is 5.32 Å². The van der Waals surface area contributed by atoms with E-state index in [4.69, 9.17) is 4.99 Å². The standard InChI is InChI=1S/C19H22N4/c1-4-9-19(10-5-1)12-15-6-2-3-7-17(15)23-18(19)21-13-16-8-11-20-14-22-16/h2-3,6-8,11,14H,1,4-5,9-10,12-13H2,(H,21,23). The van der Waals surface area contributed by atoms with Gasteiger partial charge in [-0.3, -0.25) is 4.99 Å². The molecule has 0 saturated heterocycles. The molecule has 1 aliphatic heterocycles. The van der Waals surface area contributed by atoms with Crippen molar-refractivity contribution in [2.75, 3.05) is 5.32 Å². The molecular formula is C19H22N4. The molecule has 2 aliphatic rings. The zero-order valence-corrected chi connectivity index (χ0v) is 13.3. The van der Waals surface area contributed by atoms with Crippen molar-refractivity contribution in [1.82, 2.24) is 9.97 Å². The quantitative estimate of drug-likeness (QED) is 0.912. The van der Waals surface area contributed by atoms with Crippen LogP contribution in [-0.4, -0.2) is 15.8 Å². The summed E-state index contributed by atoms with van der Waals surface area (Å²) in [5.74, 6) is 1.16. The van der Waals surface area contributed by atoms with Gasteiger partial charge in [0.25, 0.3) is 0 Å². The molecule has 1 aromatic heterocycles. The molecule has 2 aromatic rings. The lowest BCUT2D eigenvalue weighted by Gasteiger charge is -2.42. The number of aliphatic imine (C=N–C) groups is 1. The van der Waals surface area contributed by atoms with E-state index in [1.807, 2.05) is 6.07 Å². The molecule has 1 aromatic carbocycles. The number of hydrogen-bond acceptors (Lipinski definition) is 3. The smallest absolute Gasteiger partial charge is 0.115 e. The van der Waals surface area contributed by atoms with Crippen LogP contribution in [0.2, 0.25) is 0 Å². The molecule has 0 bridgehead atoms. The van der Waals surface area contributed by atoms with Gasteiger partial charge in [0.1, 0.15) is 12.2 Å². The Hall–Kier alpha value is -2.23. The van der Waals surface area contributed by atoms with Crippen molar-refractivity contribution in [2.45, 2.75) is 45.1 Å². The molecule has 1 spiro atoms. The minimum absolute atomic E-state index is 0.194. The molecule has 4 nitrogen and oxygen atoms in total. The van der Waals surface area contributed by atoms with Crippen LogP contribution in [0.15, 0.2) is 47.8 Å². The lowest BCUT2D eigenvalue weighted by Crippen LogP contribution is -2.43.